The maximum atomic E-state index is 12.4. The second-order valence-corrected chi connectivity index (χ2v) is 4.87. The molecule has 4 nitrogen and oxygen atoms in total. The smallest absolute Gasteiger partial charge is 0.274 e. The predicted molar refractivity (Wildman–Crippen MR) is 83.1 cm³/mol. The SMILES string of the molecule is O=c1c2ccccc2c(-c2ccccc2)nn1CCCO. The molecule has 0 atom stereocenters. The van der Waals surface area contributed by atoms with Gasteiger partial charge in [-0.1, -0.05) is 48.5 Å². The van der Waals surface area contributed by atoms with Crippen LogP contribution in [-0.2, 0) is 6.54 Å². The van der Waals surface area contributed by atoms with E-state index in [1.807, 2.05) is 54.6 Å². The number of aromatic nitrogens is 2. The first kappa shape index (κ1) is 13.5. The fraction of sp³-hybridized carbons (Fsp3) is 0.176. The van der Waals surface area contributed by atoms with Gasteiger partial charge in [0.2, 0.25) is 0 Å². The molecule has 21 heavy (non-hydrogen) atoms. The predicted octanol–water partition coefficient (Wildman–Crippen LogP) is 2.45. The molecule has 106 valence electrons. The molecule has 3 aromatic rings. The number of aliphatic hydroxyl groups is 1. The van der Waals surface area contributed by atoms with Gasteiger partial charge in [-0.2, -0.15) is 5.10 Å². The quantitative estimate of drug-likeness (QED) is 0.798. The van der Waals surface area contributed by atoms with Gasteiger partial charge in [-0.25, -0.2) is 4.68 Å². The lowest BCUT2D eigenvalue weighted by Gasteiger charge is -2.10. The first-order valence-electron chi connectivity index (χ1n) is 6.97. The summed E-state index contributed by atoms with van der Waals surface area (Å²) in [6.45, 7) is 0.460. The Balaban J connectivity index is 2.27. The molecule has 0 aliphatic carbocycles. The normalized spacial score (nSPS) is 10.9. The second kappa shape index (κ2) is 5.89. The molecule has 2 aromatic carbocycles. The van der Waals surface area contributed by atoms with Crippen molar-refractivity contribution in [2.45, 2.75) is 13.0 Å². The minimum absolute atomic E-state index is 0.0433. The molecule has 0 aliphatic rings. The zero-order chi connectivity index (χ0) is 14.7. The standard InChI is InChI=1S/C17H16N2O2/c20-12-6-11-19-17(21)15-10-5-4-9-14(15)16(18-19)13-7-2-1-3-8-13/h1-5,7-10,20H,6,11-12H2. The van der Waals surface area contributed by atoms with Crippen molar-refractivity contribution in [3.63, 3.8) is 0 Å². The summed E-state index contributed by atoms with van der Waals surface area (Å²) in [6.07, 6.45) is 0.513. The molecule has 0 fully saturated rings. The first-order valence-corrected chi connectivity index (χ1v) is 6.97. The van der Waals surface area contributed by atoms with Crippen LogP contribution in [-0.4, -0.2) is 21.5 Å². The molecule has 0 spiro atoms. The van der Waals surface area contributed by atoms with Crippen LogP contribution in [0.2, 0.25) is 0 Å². The Morgan fingerprint density at radius 3 is 2.33 bits per heavy atom. The number of benzene rings is 2. The zero-order valence-electron chi connectivity index (χ0n) is 11.6. The number of nitrogens with zero attached hydrogens (tertiary/aromatic N) is 2. The highest BCUT2D eigenvalue weighted by molar-refractivity contribution is 5.93. The molecule has 1 N–H and O–H groups in total. The van der Waals surface area contributed by atoms with Gasteiger partial charge in [0.05, 0.1) is 11.1 Å². The summed E-state index contributed by atoms with van der Waals surface area (Å²) in [4.78, 5) is 12.4. The molecule has 0 radical (unpaired) electrons. The van der Waals surface area contributed by atoms with Crippen LogP contribution in [0.4, 0.5) is 0 Å². The Hall–Kier alpha value is -2.46. The number of rotatable bonds is 4. The molecular weight excluding hydrogens is 264 g/mol. The number of hydrogen-bond acceptors (Lipinski definition) is 3. The number of aliphatic hydroxyl groups excluding tert-OH is 1. The topological polar surface area (TPSA) is 55.1 Å². The van der Waals surface area contributed by atoms with Crippen molar-refractivity contribution in [2.75, 3.05) is 6.61 Å². The number of fused-ring (bicyclic) bond motifs is 1. The van der Waals surface area contributed by atoms with Gasteiger partial charge in [0, 0.05) is 24.1 Å². The molecule has 0 saturated carbocycles. The highest BCUT2D eigenvalue weighted by Gasteiger charge is 2.11. The van der Waals surface area contributed by atoms with Crippen molar-refractivity contribution in [1.82, 2.24) is 9.78 Å². The lowest BCUT2D eigenvalue weighted by molar-refractivity contribution is 0.276. The van der Waals surface area contributed by atoms with E-state index in [0.717, 1.165) is 16.6 Å². The van der Waals surface area contributed by atoms with Crippen LogP contribution >= 0.6 is 0 Å². The summed E-state index contributed by atoms with van der Waals surface area (Å²) in [5, 5.41) is 15.0. The van der Waals surface area contributed by atoms with Crippen LogP contribution in [0, 0.1) is 0 Å². The van der Waals surface area contributed by atoms with E-state index in [1.165, 1.54) is 4.68 Å². The highest BCUT2D eigenvalue weighted by atomic mass is 16.3. The molecule has 4 heteroatoms. The highest BCUT2D eigenvalue weighted by Crippen LogP contribution is 2.24. The Morgan fingerprint density at radius 2 is 1.62 bits per heavy atom. The van der Waals surface area contributed by atoms with Crippen molar-refractivity contribution >= 4 is 10.8 Å². The van der Waals surface area contributed by atoms with Gasteiger partial charge in [-0.05, 0) is 12.5 Å². The number of hydrogen-bond donors (Lipinski definition) is 1. The van der Waals surface area contributed by atoms with Crippen molar-refractivity contribution < 1.29 is 5.11 Å². The van der Waals surface area contributed by atoms with Crippen LogP contribution in [0.15, 0.2) is 59.4 Å². The van der Waals surface area contributed by atoms with E-state index < -0.39 is 0 Å². The van der Waals surface area contributed by atoms with E-state index in [2.05, 4.69) is 5.10 Å². The average molecular weight is 280 g/mol. The third-order valence-electron chi connectivity index (χ3n) is 3.44. The molecule has 0 amide bonds. The summed E-state index contributed by atoms with van der Waals surface area (Å²) in [7, 11) is 0. The third-order valence-corrected chi connectivity index (χ3v) is 3.44. The van der Waals surface area contributed by atoms with E-state index in [9.17, 15) is 4.79 Å². The van der Waals surface area contributed by atoms with Crippen molar-refractivity contribution in [3.8, 4) is 11.3 Å². The van der Waals surface area contributed by atoms with Gasteiger partial charge in [-0.15, -0.1) is 0 Å². The van der Waals surface area contributed by atoms with E-state index in [-0.39, 0.29) is 12.2 Å². The van der Waals surface area contributed by atoms with Gasteiger partial charge >= 0.3 is 0 Å². The fourth-order valence-electron chi connectivity index (χ4n) is 2.42. The molecule has 0 bridgehead atoms. The molecule has 3 rings (SSSR count). The molecule has 1 aromatic heterocycles. The lowest BCUT2D eigenvalue weighted by atomic mass is 10.1. The number of aryl methyl sites for hydroxylation is 1. The minimum atomic E-state index is -0.112. The van der Waals surface area contributed by atoms with Crippen LogP contribution in [0.25, 0.3) is 22.0 Å². The van der Waals surface area contributed by atoms with E-state index >= 15 is 0 Å². The average Bonchev–Trinajstić information content (AvgIpc) is 2.55. The van der Waals surface area contributed by atoms with Gasteiger partial charge in [0.15, 0.2) is 0 Å². The van der Waals surface area contributed by atoms with Gasteiger partial charge in [0.25, 0.3) is 5.56 Å². The van der Waals surface area contributed by atoms with Crippen LogP contribution < -0.4 is 5.56 Å². The van der Waals surface area contributed by atoms with E-state index in [1.54, 1.807) is 0 Å². The van der Waals surface area contributed by atoms with Gasteiger partial charge in [0.1, 0.15) is 0 Å². The molecular formula is C17H16N2O2. The van der Waals surface area contributed by atoms with E-state index in [0.29, 0.717) is 18.4 Å². The Labute approximate surface area is 122 Å². The monoisotopic (exact) mass is 280 g/mol. The summed E-state index contributed by atoms with van der Waals surface area (Å²) < 4.78 is 1.45. The summed E-state index contributed by atoms with van der Waals surface area (Å²) in [5.41, 5.74) is 1.66. The zero-order valence-corrected chi connectivity index (χ0v) is 11.6. The van der Waals surface area contributed by atoms with Gasteiger partial charge < -0.3 is 5.11 Å². The van der Waals surface area contributed by atoms with Gasteiger partial charge in [-0.3, -0.25) is 4.79 Å². The maximum absolute atomic E-state index is 12.4. The summed E-state index contributed by atoms with van der Waals surface area (Å²) >= 11 is 0. The Morgan fingerprint density at radius 1 is 0.952 bits per heavy atom. The molecule has 0 saturated heterocycles. The Bertz CT molecular complexity index is 810. The largest absolute Gasteiger partial charge is 0.396 e. The molecule has 0 unspecified atom stereocenters. The van der Waals surface area contributed by atoms with Crippen molar-refractivity contribution in [1.29, 1.82) is 0 Å². The molecule has 1 heterocycles. The van der Waals surface area contributed by atoms with Crippen LogP contribution in [0.5, 0.6) is 0 Å². The first-order chi connectivity index (χ1) is 10.3. The fourth-order valence-corrected chi connectivity index (χ4v) is 2.42. The van der Waals surface area contributed by atoms with Crippen LogP contribution in [0.3, 0.4) is 0 Å². The summed E-state index contributed by atoms with van der Waals surface area (Å²) in [5.74, 6) is 0. The minimum Gasteiger partial charge on any atom is -0.396 e. The maximum Gasteiger partial charge on any atom is 0.274 e. The summed E-state index contributed by atoms with van der Waals surface area (Å²) in [6, 6.07) is 17.3. The van der Waals surface area contributed by atoms with Crippen molar-refractivity contribution in [3.05, 3.63) is 65.0 Å². The van der Waals surface area contributed by atoms with Crippen LogP contribution in [0.1, 0.15) is 6.42 Å². The Kier molecular flexibility index (Phi) is 3.79. The van der Waals surface area contributed by atoms with E-state index in [4.69, 9.17) is 5.11 Å². The third kappa shape index (κ3) is 2.58. The second-order valence-electron chi connectivity index (χ2n) is 4.87. The molecule has 0 aliphatic heterocycles. The van der Waals surface area contributed by atoms with Crippen molar-refractivity contribution in [2.24, 2.45) is 0 Å². The lowest BCUT2D eigenvalue weighted by Crippen LogP contribution is -2.24.